The first-order chi connectivity index (χ1) is 32.0. The van der Waals surface area contributed by atoms with Gasteiger partial charge < -0.3 is 18.9 Å². The van der Waals surface area contributed by atoms with Gasteiger partial charge in [0.2, 0.25) is 0 Å². The summed E-state index contributed by atoms with van der Waals surface area (Å²) in [6.45, 7) is 24.1. The van der Waals surface area contributed by atoms with E-state index in [1.165, 1.54) is 14.2 Å². The van der Waals surface area contributed by atoms with Gasteiger partial charge >= 0.3 is 12.3 Å². The molecule has 4 unspecified atom stereocenters. The summed E-state index contributed by atoms with van der Waals surface area (Å²) in [7, 11) is 2.53. The molecule has 0 aliphatic heterocycles. The second-order valence-electron chi connectivity index (χ2n) is 14.8. The fraction of sp³-hybridized carbons (Fsp3) is 0.310. The van der Waals surface area contributed by atoms with Gasteiger partial charge in [0, 0.05) is 17.4 Å². The minimum Gasteiger partial charge on any atom is -0.437 e. The Morgan fingerprint density at radius 2 is 0.833 bits per heavy atom. The van der Waals surface area contributed by atoms with Crippen molar-refractivity contribution in [3.63, 3.8) is 0 Å². The smallest absolute Gasteiger partial charge is 0.437 e. The molecule has 0 saturated heterocycles. The van der Waals surface area contributed by atoms with E-state index in [1.807, 2.05) is 197 Å². The van der Waals surface area contributed by atoms with E-state index in [0.717, 1.165) is 55.6 Å². The fourth-order valence-electron chi connectivity index (χ4n) is 8.68. The number of ketones is 2. The summed E-state index contributed by atoms with van der Waals surface area (Å²) < 4.78 is 19.3. The number of Topliss-reactive ketones (excluding diaryl/α,β-unsaturated/α-hetero) is 2. The fourth-order valence-corrected chi connectivity index (χ4v) is 8.68. The molecule has 0 radical (unpaired) electrons. The molecule has 8 rings (SSSR count). The van der Waals surface area contributed by atoms with E-state index in [-0.39, 0.29) is 23.4 Å². The van der Waals surface area contributed by atoms with Crippen molar-refractivity contribution < 1.29 is 38.1 Å². The molecule has 8 heteroatoms. The molecule has 2 aliphatic carbocycles. The van der Waals surface area contributed by atoms with Crippen molar-refractivity contribution in [3.05, 3.63) is 201 Å². The van der Waals surface area contributed by atoms with Crippen molar-refractivity contribution >= 4 is 23.9 Å². The van der Waals surface area contributed by atoms with Gasteiger partial charge in [-0.1, -0.05) is 202 Å². The normalized spacial score (nSPS) is 18.2. The molecule has 0 saturated carbocycles. The van der Waals surface area contributed by atoms with Gasteiger partial charge in [0.25, 0.3) is 0 Å². The second kappa shape index (κ2) is 25.0. The van der Waals surface area contributed by atoms with E-state index in [4.69, 9.17) is 9.47 Å². The van der Waals surface area contributed by atoms with Crippen LogP contribution in [0.1, 0.15) is 142 Å². The van der Waals surface area contributed by atoms with E-state index in [2.05, 4.69) is 16.4 Å². The largest absolute Gasteiger partial charge is 0.513 e. The zero-order chi connectivity index (χ0) is 49.2. The number of fused-ring (bicyclic) bond motifs is 2. The average Bonchev–Trinajstić information content (AvgIpc) is 3.74. The molecule has 6 aromatic rings. The van der Waals surface area contributed by atoms with Crippen LogP contribution in [0.3, 0.4) is 0 Å². The molecule has 6 aromatic carbocycles. The lowest BCUT2D eigenvalue weighted by molar-refractivity contribution is -0.122. The quantitative estimate of drug-likeness (QED) is 0.120. The standard InChI is InChI=1S/2C25H22O4.4C2H6/c1-16-8-10-18(11-9-16)25(17(2)21-6-4-5-7-22(21)23(25)26)19-12-14-20(15-13-19)29-24(27)28-3;1-16-8-10-18(11-9-16)25(19-12-14-20(15-13-19)29-24(27)28-3)22-7-5-4-6-21(22)17(2)23(25)26;4*1-2/h2*4-15,17H,1-3H3;4*1-2H3. The van der Waals surface area contributed by atoms with Crippen LogP contribution in [-0.4, -0.2) is 38.1 Å². The summed E-state index contributed by atoms with van der Waals surface area (Å²) in [5.74, 6) is 0.719. The minimum absolute atomic E-state index is 0.0405. The van der Waals surface area contributed by atoms with Crippen LogP contribution in [0.4, 0.5) is 9.59 Å². The Hall–Kier alpha value is -6.80. The van der Waals surface area contributed by atoms with Crippen LogP contribution in [0.2, 0.25) is 0 Å². The van der Waals surface area contributed by atoms with E-state index in [0.29, 0.717) is 11.5 Å². The number of hydrogen-bond acceptors (Lipinski definition) is 8. The van der Waals surface area contributed by atoms with E-state index in [9.17, 15) is 19.2 Å². The molecule has 0 bridgehead atoms. The van der Waals surface area contributed by atoms with Crippen molar-refractivity contribution in [1.29, 1.82) is 0 Å². The summed E-state index contributed by atoms with van der Waals surface area (Å²) in [4.78, 5) is 50.4. The molecule has 0 spiro atoms. The Labute approximate surface area is 393 Å². The van der Waals surface area contributed by atoms with E-state index < -0.39 is 23.1 Å². The third-order valence-electron chi connectivity index (χ3n) is 11.6. The number of carbonyl (C=O) groups is 4. The van der Waals surface area contributed by atoms with Gasteiger partial charge in [-0.15, -0.1) is 0 Å². The van der Waals surface area contributed by atoms with Crippen molar-refractivity contribution in [2.24, 2.45) is 0 Å². The molecular weight excluding hydrogens is 825 g/mol. The highest BCUT2D eigenvalue weighted by Crippen LogP contribution is 2.54. The molecule has 348 valence electrons. The molecule has 8 nitrogen and oxygen atoms in total. The van der Waals surface area contributed by atoms with Crippen LogP contribution >= 0.6 is 0 Å². The monoisotopic (exact) mass is 892 g/mol. The maximum Gasteiger partial charge on any atom is 0.513 e. The summed E-state index contributed by atoms with van der Waals surface area (Å²) in [6.07, 6.45) is -1.55. The highest BCUT2D eigenvalue weighted by molar-refractivity contribution is 6.12. The Morgan fingerprint density at radius 1 is 0.470 bits per heavy atom. The number of aryl methyl sites for hydroxylation is 2. The predicted octanol–water partition coefficient (Wildman–Crippen LogP) is 14.7. The van der Waals surface area contributed by atoms with Gasteiger partial charge in [0.05, 0.1) is 19.6 Å². The highest BCUT2D eigenvalue weighted by atomic mass is 16.7. The summed E-state index contributed by atoms with van der Waals surface area (Å²) in [6, 6.07) is 46.3. The molecule has 2 aliphatic rings. The first-order valence-corrected chi connectivity index (χ1v) is 23.1. The van der Waals surface area contributed by atoms with Gasteiger partial charge in [0.15, 0.2) is 11.6 Å². The molecule has 0 heterocycles. The van der Waals surface area contributed by atoms with Crippen molar-refractivity contribution in [1.82, 2.24) is 0 Å². The lowest BCUT2D eigenvalue weighted by atomic mass is 9.66. The van der Waals surface area contributed by atoms with Gasteiger partial charge in [-0.3, -0.25) is 9.59 Å². The molecule has 4 atom stereocenters. The number of ether oxygens (including phenoxy) is 4. The molecule has 0 aromatic heterocycles. The molecule has 0 N–H and O–H groups in total. The number of rotatable bonds is 6. The molecule has 66 heavy (non-hydrogen) atoms. The maximum atomic E-state index is 13.8. The Balaban J connectivity index is 0.000000305. The first kappa shape index (κ1) is 53.5. The van der Waals surface area contributed by atoms with Gasteiger partial charge in [-0.25, -0.2) is 9.59 Å². The molecular formula is C58H68O8. The lowest BCUT2D eigenvalue weighted by Crippen LogP contribution is -2.37. The van der Waals surface area contributed by atoms with Crippen LogP contribution < -0.4 is 9.47 Å². The lowest BCUT2D eigenvalue weighted by Gasteiger charge is -2.34. The minimum atomic E-state index is -0.895. The summed E-state index contributed by atoms with van der Waals surface area (Å²) in [5.41, 5.74) is 8.02. The number of hydrogen-bond donors (Lipinski definition) is 0. The number of carbonyl (C=O) groups excluding carboxylic acids is 4. The number of benzene rings is 6. The van der Waals surface area contributed by atoms with Crippen molar-refractivity contribution in [2.45, 2.75) is 106 Å². The zero-order valence-electron chi connectivity index (χ0n) is 41.3. The van der Waals surface area contributed by atoms with Crippen LogP contribution in [0.15, 0.2) is 146 Å². The Kier molecular flexibility index (Phi) is 20.3. The summed E-state index contributed by atoms with van der Waals surface area (Å²) in [5, 5.41) is 0. The molecule has 0 amide bonds. The van der Waals surface area contributed by atoms with Crippen LogP contribution in [0, 0.1) is 13.8 Å². The maximum absolute atomic E-state index is 13.8. The predicted molar refractivity (Wildman–Crippen MR) is 266 cm³/mol. The van der Waals surface area contributed by atoms with Crippen LogP contribution in [-0.2, 0) is 25.1 Å². The van der Waals surface area contributed by atoms with Gasteiger partial charge in [-0.05, 0) is 77.1 Å². The third-order valence-corrected chi connectivity index (χ3v) is 11.6. The molecule has 0 fully saturated rings. The van der Waals surface area contributed by atoms with E-state index >= 15 is 0 Å². The third kappa shape index (κ3) is 10.5. The van der Waals surface area contributed by atoms with Crippen molar-refractivity contribution in [2.75, 3.05) is 14.2 Å². The Bertz CT molecular complexity index is 2490. The van der Waals surface area contributed by atoms with Crippen LogP contribution in [0.5, 0.6) is 11.5 Å². The SMILES string of the molecule is CC.CC.CC.CC.COC(=O)Oc1ccc(C2(c3ccc(C)cc3)C(=O)C(C)c3ccccc32)cc1.COC(=O)Oc1ccc(C2(c3ccc(C)cc3)C(=O)c3ccccc3C2C)cc1. The summed E-state index contributed by atoms with van der Waals surface area (Å²) >= 11 is 0. The first-order valence-electron chi connectivity index (χ1n) is 23.1. The number of methoxy groups -OCH3 is 2. The van der Waals surface area contributed by atoms with Gasteiger partial charge in [0.1, 0.15) is 16.9 Å². The zero-order valence-corrected chi connectivity index (χ0v) is 41.3. The van der Waals surface area contributed by atoms with Crippen LogP contribution in [0.25, 0.3) is 0 Å². The Morgan fingerprint density at radius 3 is 1.26 bits per heavy atom. The van der Waals surface area contributed by atoms with E-state index in [1.54, 1.807) is 24.3 Å². The van der Waals surface area contributed by atoms with Crippen molar-refractivity contribution in [3.8, 4) is 11.5 Å². The average molecular weight is 893 g/mol. The van der Waals surface area contributed by atoms with Gasteiger partial charge in [-0.2, -0.15) is 0 Å². The highest BCUT2D eigenvalue weighted by Gasteiger charge is 2.54. The second-order valence-corrected chi connectivity index (χ2v) is 14.8. The topological polar surface area (TPSA) is 105 Å².